The van der Waals surface area contributed by atoms with Gasteiger partial charge in [0.2, 0.25) is 5.95 Å². The summed E-state index contributed by atoms with van der Waals surface area (Å²) in [7, 11) is 0. The van der Waals surface area contributed by atoms with Crippen LogP contribution in [0, 0.1) is 6.92 Å². The van der Waals surface area contributed by atoms with Crippen molar-refractivity contribution in [2.45, 2.75) is 20.4 Å². The Morgan fingerprint density at radius 1 is 1.67 bits per heavy atom. The maximum atomic E-state index is 5.31. The van der Waals surface area contributed by atoms with Crippen molar-refractivity contribution in [1.82, 2.24) is 14.8 Å². The van der Waals surface area contributed by atoms with Crippen molar-refractivity contribution in [2.75, 3.05) is 5.73 Å². The van der Waals surface area contributed by atoms with Crippen molar-refractivity contribution in [3.05, 3.63) is 5.82 Å². The topological polar surface area (TPSA) is 56.7 Å². The number of rotatable bonds is 1. The molecule has 0 spiro atoms. The summed E-state index contributed by atoms with van der Waals surface area (Å²) in [6, 6.07) is 0. The molecule has 0 aliphatic heterocycles. The monoisotopic (exact) mass is 126 g/mol. The molecule has 0 saturated heterocycles. The van der Waals surface area contributed by atoms with E-state index in [4.69, 9.17) is 5.73 Å². The molecule has 4 nitrogen and oxygen atoms in total. The highest BCUT2D eigenvalue weighted by molar-refractivity contribution is 5.12. The minimum absolute atomic E-state index is 0.356. The van der Waals surface area contributed by atoms with Gasteiger partial charge in [-0.1, -0.05) is 0 Å². The zero-order chi connectivity index (χ0) is 6.85. The van der Waals surface area contributed by atoms with Crippen molar-refractivity contribution in [3.8, 4) is 0 Å². The largest absolute Gasteiger partial charge is 0.366 e. The van der Waals surface area contributed by atoms with Gasteiger partial charge in [0.25, 0.3) is 0 Å². The van der Waals surface area contributed by atoms with Crippen LogP contribution in [0.15, 0.2) is 0 Å². The molecule has 0 fully saturated rings. The zero-order valence-corrected chi connectivity index (χ0v) is 5.63. The lowest BCUT2D eigenvalue weighted by molar-refractivity contribution is 0.637. The van der Waals surface area contributed by atoms with Gasteiger partial charge in [0, 0.05) is 6.54 Å². The predicted octanol–water partition coefficient (Wildman–Crippen LogP) is 0.189. The first kappa shape index (κ1) is 6.07. The lowest BCUT2D eigenvalue weighted by Crippen LogP contribution is -1.98. The fourth-order valence-electron chi connectivity index (χ4n) is 0.741. The molecule has 1 heterocycles. The second-order valence-electron chi connectivity index (χ2n) is 1.83. The number of nitrogen functional groups attached to an aromatic ring is 1. The van der Waals surface area contributed by atoms with Gasteiger partial charge in [-0.05, 0) is 13.8 Å². The van der Waals surface area contributed by atoms with E-state index in [1.165, 1.54) is 0 Å². The van der Waals surface area contributed by atoms with E-state index in [0.717, 1.165) is 12.4 Å². The van der Waals surface area contributed by atoms with E-state index >= 15 is 0 Å². The summed E-state index contributed by atoms with van der Waals surface area (Å²) >= 11 is 0. The fourth-order valence-corrected chi connectivity index (χ4v) is 0.741. The Kier molecular flexibility index (Phi) is 1.38. The highest BCUT2D eigenvalue weighted by atomic mass is 15.4. The minimum atomic E-state index is 0.356. The molecule has 50 valence electrons. The molecule has 0 atom stereocenters. The molecule has 0 aromatic carbocycles. The molecule has 0 amide bonds. The number of nitrogens with zero attached hydrogens (tertiary/aromatic N) is 3. The number of anilines is 1. The Morgan fingerprint density at radius 3 is 2.56 bits per heavy atom. The van der Waals surface area contributed by atoms with Crippen molar-refractivity contribution in [3.63, 3.8) is 0 Å². The van der Waals surface area contributed by atoms with Crippen molar-refractivity contribution in [2.24, 2.45) is 0 Å². The van der Waals surface area contributed by atoms with Crippen LogP contribution in [0.3, 0.4) is 0 Å². The lowest BCUT2D eigenvalue weighted by atomic mass is 10.6. The van der Waals surface area contributed by atoms with E-state index in [0.29, 0.717) is 5.95 Å². The summed E-state index contributed by atoms with van der Waals surface area (Å²) in [6.07, 6.45) is 0. The molecule has 0 radical (unpaired) electrons. The number of nitrogens with two attached hydrogens (primary N) is 1. The highest BCUT2D eigenvalue weighted by Gasteiger charge is 1.97. The Labute approximate surface area is 53.7 Å². The van der Waals surface area contributed by atoms with Crippen molar-refractivity contribution < 1.29 is 0 Å². The van der Waals surface area contributed by atoms with Crippen LogP contribution < -0.4 is 5.73 Å². The predicted molar refractivity (Wildman–Crippen MR) is 34.8 cm³/mol. The number of hydrogen-bond donors (Lipinski definition) is 1. The lowest BCUT2D eigenvalue weighted by Gasteiger charge is -1.92. The maximum Gasteiger partial charge on any atom is 0.239 e. The van der Waals surface area contributed by atoms with Crippen molar-refractivity contribution >= 4 is 5.95 Å². The Morgan fingerprint density at radius 2 is 2.33 bits per heavy atom. The highest BCUT2D eigenvalue weighted by Crippen LogP contribution is 1.95. The van der Waals surface area contributed by atoms with Gasteiger partial charge in [-0.25, -0.2) is 4.68 Å². The van der Waals surface area contributed by atoms with E-state index in [2.05, 4.69) is 10.1 Å². The van der Waals surface area contributed by atoms with E-state index in [9.17, 15) is 0 Å². The third-order valence-corrected chi connectivity index (χ3v) is 1.17. The Hall–Kier alpha value is -1.06. The number of hydrogen-bond acceptors (Lipinski definition) is 3. The number of aryl methyl sites for hydroxylation is 2. The van der Waals surface area contributed by atoms with Crippen LogP contribution in [-0.4, -0.2) is 14.8 Å². The van der Waals surface area contributed by atoms with E-state index in [1.54, 1.807) is 4.68 Å². The van der Waals surface area contributed by atoms with Gasteiger partial charge in [0.1, 0.15) is 5.82 Å². The summed E-state index contributed by atoms with van der Waals surface area (Å²) in [6.45, 7) is 4.71. The molecule has 0 aliphatic rings. The van der Waals surface area contributed by atoms with Crippen LogP contribution >= 0.6 is 0 Å². The van der Waals surface area contributed by atoms with Crippen molar-refractivity contribution in [1.29, 1.82) is 0 Å². The zero-order valence-electron chi connectivity index (χ0n) is 5.63. The van der Waals surface area contributed by atoms with Gasteiger partial charge < -0.3 is 5.73 Å². The van der Waals surface area contributed by atoms with Crippen LogP contribution in [0.1, 0.15) is 12.7 Å². The molecule has 0 unspecified atom stereocenters. The molecule has 9 heavy (non-hydrogen) atoms. The molecule has 1 aromatic heterocycles. The standard InChI is InChI=1S/C5H10N4/c1-3-9-4(2)7-5(6)8-9/h3H2,1-2H3,(H2,6,8). The summed E-state index contributed by atoms with van der Waals surface area (Å²) in [4.78, 5) is 3.91. The fraction of sp³-hybridized carbons (Fsp3) is 0.600. The summed E-state index contributed by atoms with van der Waals surface area (Å²) in [5.41, 5.74) is 5.31. The van der Waals surface area contributed by atoms with Crippen LogP contribution in [0.4, 0.5) is 5.95 Å². The smallest absolute Gasteiger partial charge is 0.239 e. The van der Waals surface area contributed by atoms with E-state index < -0.39 is 0 Å². The molecule has 0 aliphatic carbocycles. The minimum Gasteiger partial charge on any atom is -0.366 e. The Balaban J connectivity index is 3.01. The van der Waals surface area contributed by atoms with Gasteiger partial charge in [0.15, 0.2) is 0 Å². The number of aromatic nitrogens is 3. The summed E-state index contributed by atoms with van der Waals surface area (Å²) in [5.74, 6) is 1.23. The first-order chi connectivity index (χ1) is 4.24. The molecule has 0 bridgehead atoms. The summed E-state index contributed by atoms with van der Waals surface area (Å²) in [5, 5.41) is 3.91. The molecule has 4 heteroatoms. The molecular weight excluding hydrogens is 116 g/mol. The molecule has 2 N–H and O–H groups in total. The molecule has 1 aromatic rings. The van der Waals surface area contributed by atoms with Gasteiger partial charge >= 0.3 is 0 Å². The third-order valence-electron chi connectivity index (χ3n) is 1.17. The SMILES string of the molecule is CCn1nc(N)nc1C. The first-order valence-corrected chi connectivity index (χ1v) is 2.91. The summed E-state index contributed by atoms with van der Waals surface area (Å²) < 4.78 is 1.76. The quantitative estimate of drug-likeness (QED) is 0.584. The molecule has 1 rings (SSSR count). The third kappa shape index (κ3) is 1.01. The van der Waals surface area contributed by atoms with E-state index in [-0.39, 0.29) is 0 Å². The molecule has 0 saturated carbocycles. The van der Waals surface area contributed by atoms with Crippen LogP contribution in [-0.2, 0) is 6.54 Å². The van der Waals surface area contributed by atoms with Gasteiger partial charge in [0.05, 0.1) is 0 Å². The second-order valence-corrected chi connectivity index (χ2v) is 1.83. The maximum absolute atomic E-state index is 5.31. The van der Waals surface area contributed by atoms with E-state index in [1.807, 2.05) is 13.8 Å². The first-order valence-electron chi connectivity index (χ1n) is 2.91. The van der Waals surface area contributed by atoms with Gasteiger partial charge in [-0.2, -0.15) is 4.98 Å². The average Bonchev–Trinajstić information content (AvgIpc) is 2.10. The van der Waals surface area contributed by atoms with Crippen LogP contribution in [0.2, 0.25) is 0 Å². The normalized spacial score (nSPS) is 10.0. The molecular formula is C5H10N4. The van der Waals surface area contributed by atoms with Crippen LogP contribution in [0.5, 0.6) is 0 Å². The Bertz CT molecular complexity index is 203. The van der Waals surface area contributed by atoms with Crippen LogP contribution in [0.25, 0.3) is 0 Å². The second kappa shape index (κ2) is 2.05. The average molecular weight is 126 g/mol. The van der Waals surface area contributed by atoms with Gasteiger partial charge in [-0.15, -0.1) is 5.10 Å². The van der Waals surface area contributed by atoms with Gasteiger partial charge in [-0.3, -0.25) is 0 Å².